The zero-order valence-corrected chi connectivity index (χ0v) is 29.9. The summed E-state index contributed by atoms with van der Waals surface area (Å²) in [6.45, 7) is -1.75. The molecular formula is C28H42ClN6O15P. The van der Waals surface area contributed by atoms with Gasteiger partial charge < -0.3 is 58.1 Å². The second-order valence-corrected chi connectivity index (χ2v) is 13.7. The SMILES string of the molecule is COCCOCOC(=O)OP(=O)(CC(=O)N(C)C[C@H]1O[C@@H](n2cnc3c(NC4CCCC4)nc(Cl)nc32)[C@H](O)[C@@H]1O)OCOC(=O)OCCOC. The molecule has 0 bridgehead atoms. The third-order valence-corrected chi connectivity index (χ3v) is 9.50. The molecule has 2 aliphatic rings. The number of halogens is 1. The highest BCUT2D eigenvalue weighted by molar-refractivity contribution is 7.55. The molecule has 1 saturated carbocycles. The van der Waals surface area contributed by atoms with E-state index in [1.54, 1.807) is 0 Å². The number of amides is 1. The average molecular weight is 769 g/mol. The molecule has 1 saturated heterocycles. The number of aliphatic hydroxyl groups is 2. The summed E-state index contributed by atoms with van der Waals surface area (Å²) in [6.07, 6.45) is -3.63. The Labute approximate surface area is 297 Å². The Kier molecular flexibility index (Phi) is 15.4. The molecule has 0 spiro atoms. The maximum Gasteiger partial charge on any atom is 0.517 e. The number of carbonyl (C=O) groups excluding carboxylic acids is 3. The number of ether oxygens (including phenoxy) is 7. The van der Waals surface area contributed by atoms with Crippen LogP contribution in [0.3, 0.4) is 0 Å². The van der Waals surface area contributed by atoms with Gasteiger partial charge in [-0.3, -0.25) is 13.9 Å². The Balaban J connectivity index is 1.39. The lowest BCUT2D eigenvalue weighted by Gasteiger charge is -2.24. The van der Waals surface area contributed by atoms with Gasteiger partial charge in [-0.1, -0.05) is 12.8 Å². The molecule has 51 heavy (non-hydrogen) atoms. The standard InChI is InChI=1S/C28H42ClN6O15P/c1-34(19(36)13-51(41,48-16-47-27(39)45-11-9-43-3)50-28(40)46-15-44-10-8-42-2)12-18-21(37)22(38)25(49-18)35-14-30-20-23(31-17-6-4-5-7-17)32-26(29)33-24(20)35/h14,17-18,21-22,25,37-38H,4-13,15-16H2,1-3H3,(H,31,32,33)/t18-,21-,22-,25-,51?/m1/s1. The smallest absolute Gasteiger partial charge is 0.432 e. The second-order valence-electron chi connectivity index (χ2n) is 11.4. The molecule has 23 heteroatoms. The number of fused-ring (bicyclic) bond motifs is 1. The molecule has 3 heterocycles. The van der Waals surface area contributed by atoms with Gasteiger partial charge >= 0.3 is 19.9 Å². The van der Waals surface area contributed by atoms with E-state index >= 15 is 0 Å². The molecule has 4 rings (SSSR count). The summed E-state index contributed by atoms with van der Waals surface area (Å²) in [7, 11) is -0.596. The normalized spacial score (nSPS) is 21.7. The van der Waals surface area contributed by atoms with Crippen LogP contribution in [-0.2, 0) is 51.6 Å². The van der Waals surface area contributed by atoms with Crippen molar-refractivity contribution in [3.63, 3.8) is 0 Å². The molecule has 5 atom stereocenters. The van der Waals surface area contributed by atoms with Crippen molar-refractivity contribution >= 4 is 54.4 Å². The number of nitrogens with zero attached hydrogens (tertiary/aromatic N) is 5. The first-order valence-electron chi connectivity index (χ1n) is 15.8. The lowest BCUT2D eigenvalue weighted by Crippen LogP contribution is -2.41. The number of rotatable bonds is 19. The van der Waals surface area contributed by atoms with Gasteiger partial charge in [-0.2, -0.15) is 9.97 Å². The number of methoxy groups -OCH3 is 2. The minimum absolute atomic E-state index is 0.0654. The summed E-state index contributed by atoms with van der Waals surface area (Å²) in [5.74, 6) is -0.482. The predicted molar refractivity (Wildman–Crippen MR) is 173 cm³/mol. The molecule has 286 valence electrons. The summed E-state index contributed by atoms with van der Waals surface area (Å²) in [5.41, 5.74) is 0.628. The number of hydrogen-bond donors (Lipinski definition) is 3. The summed E-state index contributed by atoms with van der Waals surface area (Å²) in [4.78, 5) is 51.2. The van der Waals surface area contributed by atoms with Crippen LogP contribution in [0.15, 0.2) is 6.33 Å². The van der Waals surface area contributed by atoms with Gasteiger partial charge in [0.1, 0.15) is 31.1 Å². The third-order valence-electron chi connectivity index (χ3n) is 7.75. The fourth-order valence-corrected chi connectivity index (χ4v) is 6.59. The van der Waals surface area contributed by atoms with Crippen LogP contribution in [-0.4, -0.2) is 151 Å². The maximum atomic E-state index is 13.5. The van der Waals surface area contributed by atoms with Crippen LogP contribution in [0.1, 0.15) is 31.9 Å². The average Bonchev–Trinajstić information content (AvgIpc) is 3.81. The molecule has 1 unspecified atom stereocenters. The van der Waals surface area contributed by atoms with E-state index in [0.717, 1.165) is 30.6 Å². The Hall–Kier alpha value is -3.40. The number of imidazole rings is 1. The number of carbonyl (C=O) groups is 3. The molecule has 0 aromatic carbocycles. The largest absolute Gasteiger partial charge is 0.517 e. The van der Waals surface area contributed by atoms with Gasteiger partial charge in [0.05, 0.1) is 26.1 Å². The Bertz CT molecular complexity index is 1510. The van der Waals surface area contributed by atoms with E-state index < -0.39 is 70.1 Å². The summed E-state index contributed by atoms with van der Waals surface area (Å²) >= 11 is 6.22. The molecular weight excluding hydrogens is 727 g/mol. The lowest BCUT2D eigenvalue weighted by molar-refractivity contribution is -0.130. The Morgan fingerprint density at radius 2 is 1.73 bits per heavy atom. The van der Waals surface area contributed by atoms with Crippen molar-refractivity contribution in [3.05, 3.63) is 11.6 Å². The molecule has 21 nitrogen and oxygen atoms in total. The van der Waals surface area contributed by atoms with E-state index in [4.69, 9.17) is 49.1 Å². The van der Waals surface area contributed by atoms with Crippen molar-refractivity contribution in [2.75, 3.05) is 79.3 Å². The monoisotopic (exact) mass is 768 g/mol. The molecule has 1 aliphatic carbocycles. The first-order chi connectivity index (χ1) is 24.4. The molecule has 2 aromatic rings. The fraction of sp³-hybridized carbons (Fsp3) is 0.714. The maximum absolute atomic E-state index is 13.5. The van der Waals surface area contributed by atoms with Crippen LogP contribution in [0.4, 0.5) is 15.4 Å². The number of anilines is 1. The van der Waals surface area contributed by atoms with Crippen LogP contribution in [0, 0.1) is 0 Å². The molecule has 3 N–H and O–H groups in total. The third kappa shape index (κ3) is 11.5. The molecule has 0 radical (unpaired) electrons. The molecule has 2 aromatic heterocycles. The van der Waals surface area contributed by atoms with Gasteiger partial charge in [0, 0.05) is 33.9 Å². The van der Waals surface area contributed by atoms with Gasteiger partial charge in [-0.15, -0.1) is 0 Å². The topological polar surface area (TPSA) is 251 Å². The van der Waals surface area contributed by atoms with E-state index in [0.29, 0.717) is 11.3 Å². The van der Waals surface area contributed by atoms with Crippen LogP contribution in [0.2, 0.25) is 5.28 Å². The molecule has 2 fully saturated rings. The van der Waals surface area contributed by atoms with E-state index in [1.807, 2.05) is 0 Å². The number of likely N-dealkylation sites (N-methyl/N-ethyl adjacent to an activating group) is 1. The zero-order chi connectivity index (χ0) is 37.0. The highest BCUT2D eigenvalue weighted by Crippen LogP contribution is 2.48. The summed E-state index contributed by atoms with van der Waals surface area (Å²) in [5, 5.41) is 25.1. The number of aliphatic hydroxyl groups excluding tert-OH is 2. The van der Waals surface area contributed by atoms with E-state index in [1.165, 1.54) is 32.2 Å². The first kappa shape index (κ1) is 40.4. The highest BCUT2D eigenvalue weighted by atomic mass is 35.5. The van der Waals surface area contributed by atoms with Gasteiger partial charge in [0.2, 0.25) is 18.0 Å². The Morgan fingerprint density at radius 1 is 1.02 bits per heavy atom. The van der Waals surface area contributed by atoms with Crippen molar-refractivity contribution in [2.24, 2.45) is 0 Å². The van der Waals surface area contributed by atoms with Gasteiger partial charge in [-0.25, -0.2) is 19.1 Å². The van der Waals surface area contributed by atoms with Crippen LogP contribution in [0.5, 0.6) is 0 Å². The van der Waals surface area contributed by atoms with E-state index in [-0.39, 0.29) is 49.9 Å². The van der Waals surface area contributed by atoms with Gasteiger partial charge in [0.15, 0.2) is 30.0 Å². The number of nitrogens with one attached hydrogen (secondary N) is 1. The van der Waals surface area contributed by atoms with E-state index in [9.17, 15) is 29.2 Å². The highest BCUT2D eigenvalue weighted by Gasteiger charge is 2.46. The van der Waals surface area contributed by atoms with Crippen molar-refractivity contribution in [1.82, 2.24) is 24.4 Å². The van der Waals surface area contributed by atoms with Crippen LogP contribution >= 0.6 is 19.2 Å². The van der Waals surface area contributed by atoms with Crippen LogP contribution < -0.4 is 5.32 Å². The summed E-state index contributed by atoms with van der Waals surface area (Å²) in [6, 6.07) is 0.198. The predicted octanol–water partition coefficient (Wildman–Crippen LogP) is 1.65. The van der Waals surface area contributed by atoms with Gasteiger partial charge in [0.25, 0.3) is 0 Å². The summed E-state index contributed by atoms with van der Waals surface area (Å²) < 4.78 is 59.4. The molecule has 1 amide bonds. The first-order valence-corrected chi connectivity index (χ1v) is 17.9. The quantitative estimate of drug-likeness (QED) is 0.0604. The number of aromatic nitrogens is 4. The molecule has 1 aliphatic heterocycles. The van der Waals surface area contributed by atoms with E-state index in [2.05, 4.69) is 25.0 Å². The van der Waals surface area contributed by atoms with Crippen molar-refractivity contribution < 1.29 is 71.4 Å². The minimum atomic E-state index is -4.71. The number of hydrogen-bond acceptors (Lipinski definition) is 19. The zero-order valence-electron chi connectivity index (χ0n) is 28.2. The van der Waals surface area contributed by atoms with Crippen molar-refractivity contribution in [1.29, 1.82) is 0 Å². The van der Waals surface area contributed by atoms with Crippen LogP contribution in [0.25, 0.3) is 11.2 Å². The second kappa shape index (κ2) is 19.4. The lowest BCUT2D eigenvalue weighted by atomic mass is 10.1. The Morgan fingerprint density at radius 3 is 2.45 bits per heavy atom. The van der Waals surface area contributed by atoms with Crippen molar-refractivity contribution in [2.45, 2.75) is 56.3 Å². The van der Waals surface area contributed by atoms with Crippen molar-refractivity contribution in [3.8, 4) is 0 Å². The minimum Gasteiger partial charge on any atom is -0.432 e. The fourth-order valence-electron chi connectivity index (χ4n) is 5.15. The van der Waals surface area contributed by atoms with Gasteiger partial charge in [-0.05, 0) is 24.4 Å².